The molecule has 3 nitrogen and oxygen atoms in total. The van der Waals surface area contributed by atoms with Gasteiger partial charge in [-0.3, -0.25) is 0 Å². The van der Waals surface area contributed by atoms with Crippen molar-refractivity contribution in [3.8, 4) is 34.1 Å². The molecule has 3 heteroatoms. The van der Waals surface area contributed by atoms with E-state index in [1.165, 1.54) is 11.1 Å². The number of hydrogen-bond donors (Lipinski definition) is 0. The van der Waals surface area contributed by atoms with Gasteiger partial charge < -0.3 is 14.2 Å². The van der Waals surface area contributed by atoms with Crippen molar-refractivity contribution < 1.29 is 14.2 Å². The smallest absolute Gasteiger partial charge is 0.134 e. The third-order valence-electron chi connectivity index (χ3n) is 3.80. The number of aryl methyl sites for hydroxylation is 1. The summed E-state index contributed by atoms with van der Waals surface area (Å²) in [5.41, 5.74) is 3.60. The summed E-state index contributed by atoms with van der Waals surface area (Å²) < 4.78 is 16.4. The minimum atomic E-state index is 0.675. The maximum Gasteiger partial charge on any atom is 0.134 e. The fraction of sp³-hybridized carbons (Fsp3) is 0.143. The molecule has 3 aromatic carbocycles. The minimum absolute atomic E-state index is 0.675. The van der Waals surface area contributed by atoms with Gasteiger partial charge in [0.25, 0.3) is 0 Å². The molecule has 0 unspecified atom stereocenters. The summed E-state index contributed by atoms with van der Waals surface area (Å²) in [6.07, 6.45) is 0. The third-order valence-corrected chi connectivity index (χ3v) is 3.80. The van der Waals surface area contributed by atoms with Gasteiger partial charge in [0.2, 0.25) is 0 Å². The van der Waals surface area contributed by atoms with Crippen LogP contribution < -0.4 is 14.2 Å². The first kappa shape index (κ1) is 15.9. The van der Waals surface area contributed by atoms with Crippen molar-refractivity contribution in [2.45, 2.75) is 6.92 Å². The number of hydrogen-bond acceptors (Lipinski definition) is 3. The van der Waals surface area contributed by atoms with E-state index in [4.69, 9.17) is 14.2 Å². The van der Waals surface area contributed by atoms with E-state index in [0.29, 0.717) is 17.2 Å². The lowest BCUT2D eigenvalue weighted by Gasteiger charge is -2.10. The lowest BCUT2D eigenvalue weighted by Crippen LogP contribution is -1.90. The summed E-state index contributed by atoms with van der Waals surface area (Å²) in [5.74, 6) is 2.83. The van der Waals surface area contributed by atoms with Crippen LogP contribution in [0, 0.1) is 6.92 Å². The van der Waals surface area contributed by atoms with Gasteiger partial charge in [0.15, 0.2) is 0 Å². The standard InChI is InChI=1S/C21H20O3/c1-15-4-6-16(7-5-15)17-8-10-18(11-9-17)24-21-13-19(22-2)12-20(14-21)23-3/h4-14H,1-3H3. The highest BCUT2D eigenvalue weighted by Crippen LogP contribution is 2.31. The minimum Gasteiger partial charge on any atom is -0.496 e. The average molecular weight is 320 g/mol. The van der Waals surface area contributed by atoms with E-state index in [9.17, 15) is 0 Å². The molecule has 0 amide bonds. The van der Waals surface area contributed by atoms with Crippen LogP contribution in [0.1, 0.15) is 5.56 Å². The average Bonchev–Trinajstić information content (AvgIpc) is 2.62. The predicted octanol–water partition coefficient (Wildman–Crippen LogP) is 5.47. The second-order valence-electron chi connectivity index (χ2n) is 5.54. The molecule has 0 fully saturated rings. The van der Waals surface area contributed by atoms with E-state index in [2.05, 4.69) is 43.3 Å². The van der Waals surface area contributed by atoms with E-state index in [-0.39, 0.29) is 0 Å². The van der Waals surface area contributed by atoms with E-state index < -0.39 is 0 Å². The van der Waals surface area contributed by atoms with Crippen LogP contribution in [-0.2, 0) is 0 Å². The monoisotopic (exact) mass is 320 g/mol. The first-order valence-corrected chi connectivity index (χ1v) is 7.76. The van der Waals surface area contributed by atoms with Crippen molar-refractivity contribution in [3.05, 3.63) is 72.3 Å². The number of benzene rings is 3. The molecule has 3 rings (SSSR count). The zero-order valence-electron chi connectivity index (χ0n) is 14.1. The van der Waals surface area contributed by atoms with Crippen molar-refractivity contribution in [2.24, 2.45) is 0 Å². The Bertz CT molecular complexity index is 783. The van der Waals surface area contributed by atoms with E-state index >= 15 is 0 Å². The Morgan fingerprint density at radius 1 is 0.542 bits per heavy atom. The SMILES string of the molecule is COc1cc(OC)cc(Oc2ccc(-c3ccc(C)cc3)cc2)c1. The van der Waals surface area contributed by atoms with Gasteiger partial charge in [-0.15, -0.1) is 0 Å². The van der Waals surface area contributed by atoms with Crippen molar-refractivity contribution >= 4 is 0 Å². The Hall–Kier alpha value is -2.94. The van der Waals surface area contributed by atoms with Crippen molar-refractivity contribution in [3.63, 3.8) is 0 Å². The van der Waals surface area contributed by atoms with Crippen LogP contribution in [0.15, 0.2) is 66.7 Å². The van der Waals surface area contributed by atoms with Crippen LogP contribution in [0.2, 0.25) is 0 Å². The summed E-state index contributed by atoms with van der Waals surface area (Å²) in [4.78, 5) is 0. The molecule has 24 heavy (non-hydrogen) atoms. The molecule has 0 bridgehead atoms. The van der Waals surface area contributed by atoms with Crippen LogP contribution in [0.5, 0.6) is 23.0 Å². The number of methoxy groups -OCH3 is 2. The van der Waals surface area contributed by atoms with Gasteiger partial charge in [0.1, 0.15) is 23.0 Å². The fourth-order valence-electron chi connectivity index (χ4n) is 2.44. The molecule has 3 aromatic rings. The van der Waals surface area contributed by atoms with Gasteiger partial charge >= 0.3 is 0 Å². The Morgan fingerprint density at radius 2 is 1.00 bits per heavy atom. The topological polar surface area (TPSA) is 27.7 Å². The Morgan fingerprint density at radius 3 is 1.50 bits per heavy atom. The summed E-state index contributed by atoms with van der Waals surface area (Å²) in [6, 6.07) is 22.0. The molecule has 0 N–H and O–H groups in total. The highest BCUT2D eigenvalue weighted by molar-refractivity contribution is 5.64. The number of ether oxygens (including phenoxy) is 3. The largest absolute Gasteiger partial charge is 0.496 e. The van der Waals surface area contributed by atoms with Crippen molar-refractivity contribution in [2.75, 3.05) is 14.2 Å². The summed E-state index contributed by atoms with van der Waals surface area (Å²) in [7, 11) is 3.24. The van der Waals surface area contributed by atoms with Crippen LogP contribution in [0.25, 0.3) is 11.1 Å². The van der Waals surface area contributed by atoms with Gasteiger partial charge in [0, 0.05) is 18.2 Å². The maximum absolute atomic E-state index is 5.91. The van der Waals surface area contributed by atoms with Gasteiger partial charge in [-0.2, -0.15) is 0 Å². The van der Waals surface area contributed by atoms with Crippen LogP contribution in [-0.4, -0.2) is 14.2 Å². The molecule has 0 aromatic heterocycles. The molecule has 0 saturated carbocycles. The van der Waals surface area contributed by atoms with E-state index in [0.717, 1.165) is 11.3 Å². The molecule has 122 valence electrons. The lowest BCUT2D eigenvalue weighted by molar-refractivity contribution is 0.386. The second kappa shape index (κ2) is 7.09. The third kappa shape index (κ3) is 3.69. The Labute approximate surface area is 142 Å². The van der Waals surface area contributed by atoms with Crippen molar-refractivity contribution in [1.29, 1.82) is 0 Å². The highest BCUT2D eigenvalue weighted by atomic mass is 16.5. The van der Waals surface area contributed by atoms with E-state index in [1.54, 1.807) is 14.2 Å². The Kier molecular flexibility index (Phi) is 4.71. The Balaban J connectivity index is 1.80. The molecular formula is C21H20O3. The summed E-state index contributed by atoms with van der Waals surface area (Å²) in [5, 5.41) is 0. The molecule has 0 aliphatic carbocycles. The highest BCUT2D eigenvalue weighted by Gasteiger charge is 2.05. The van der Waals surface area contributed by atoms with Crippen LogP contribution in [0.4, 0.5) is 0 Å². The maximum atomic E-state index is 5.91. The molecular weight excluding hydrogens is 300 g/mol. The second-order valence-corrected chi connectivity index (χ2v) is 5.54. The molecule has 0 heterocycles. The zero-order valence-corrected chi connectivity index (χ0v) is 14.1. The van der Waals surface area contributed by atoms with Crippen LogP contribution >= 0.6 is 0 Å². The zero-order chi connectivity index (χ0) is 16.9. The molecule has 0 spiro atoms. The molecule has 0 saturated heterocycles. The number of rotatable bonds is 5. The first-order chi connectivity index (χ1) is 11.7. The predicted molar refractivity (Wildman–Crippen MR) is 96.2 cm³/mol. The molecule has 0 aliphatic rings. The lowest BCUT2D eigenvalue weighted by atomic mass is 10.0. The van der Waals surface area contributed by atoms with Gasteiger partial charge in [-0.05, 0) is 30.2 Å². The van der Waals surface area contributed by atoms with Crippen molar-refractivity contribution in [1.82, 2.24) is 0 Å². The molecule has 0 aliphatic heterocycles. The summed E-state index contributed by atoms with van der Waals surface area (Å²) >= 11 is 0. The normalized spacial score (nSPS) is 10.3. The van der Waals surface area contributed by atoms with E-state index in [1.807, 2.05) is 30.3 Å². The van der Waals surface area contributed by atoms with Gasteiger partial charge in [0.05, 0.1) is 14.2 Å². The first-order valence-electron chi connectivity index (χ1n) is 7.76. The van der Waals surface area contributed by atoms with Gasteiger partial charge in [-0.1, -0.05) is 42.0 Å². The molecule has 0 radical (unpaired) electrons. The molecule has 0 atom stereocenters. The summed E-state index contributed by atoms with van der Waals surface area (Å²) in [6.45, 7) is 2.09. The van der Waals surface area contributed by atoms with Crippen LogP contribution in [0.3, 0.4) is 0 Å². The fourth-order valence-corrected chi connectivity index (χ4v) is 2.44. The quantitative estimate of drug-likeness (QED) is 0.624. The van der Waals surface area contributed by atoms with Gasteiger partial charge in [-0.25, -0.2) is 0 Å².